The number of nitrogens with zero attached hydrogens (tertiary/aromatic N) is 1. The van der Waals surface area contributed by atoms with Crippen molar-refractivity contribution in [3.05, 3.63) is 35.4 Å². The van der Waals surface area contributed by atoms with E-state index in [1.54, 1.807) is 12.1 Å². The molecule has 1 aromatic carbocycles. The van der Waals surface area contributed by atoms with E-state index in [9.17, 15) is 13.2 Å². The average molecular weight is 309 g/mol. The standard InChI is InChI=1S/C14H19F3N2.ClH/c15-14(16,17)13-6-2-1-5-12(13)10-19-7-3-4-11(8-18)9-19;/h1-2,5-6,11H,3-4,7-10,18H2;1H. The van der Waals surface area contributed by atoms with Crippen LogP contribution in [0, 0.1) is 5.92 Å². The minimum Gasteiger partial charge on any atom is -0.330 e. The van der Waals surface area contributed by atoms with E-state index in [1.807, 2.05) is 0 Å². The summed E-state index contributed by atoms with van der Waals surface area (Å²) in [5.74, 6) is 0.409. The van der Waals surface area contributed by atoms with E-state index in [1.165, 1.54) is 6.07 Å². The third kappa shape index (κ3) is 4.36. The molecule has 1 atom stereocenters. The van der Waals surface area contributed by atoms with Gasteiger partial charge in [0.2, 0.25) is 0 Å². The zero-order chi connectivity index (χ0) is 13.9. The molecule has 0 spiro atoms. The maximum absolute atomic E-state index is 12.9. The maximum atomic E-state index is 12.9. The molecule has 1 heterocycles. The van der Waals surface area contributed by atoms with Crippen LogP contribution in [-0.2, 0) is 12.7 Å². The molecule has 0 radical (unpaired) electrons. The van der Waals surface area contributed by atoms with Gasteiger partial charge in [-0.25, -0.2) is 0 Å². The molecule has 1 aliphatic heterocycles. The summed E-state index contributed by atoms with van der Waals surface area (Å²) in [7, 11) is 0. The first-order valence-electron chi connectivity index (χ1n) is 6.58. The van der Waals surface area contributed by atoms with Crippen LogP contribution >= 0.6 is 12.4 Å². The Morgan fingerprint density at radius 3 is 2.60 bits per heavy atom. The Labute approximate surface area is 123 Å². The fourth-order valence-corrected chi connectivity index (χ4v) is 2.66. The van der Waals surface area contributed by atoms with Crippen molar-refractivity contribution in [1.82, 2.24) is 4.90 Å². The lowest BCUT2D eigenvalue weighted by molar-refractivity contribution is -0.138. The lowest BCUT2D eigenvalue weighted by Crippen LogP contribution is -2.38. The van der Waals surface area contributed by atoms with Gasteiger partial charge in [-0.3, -0.25) is 4.90 Å². The average Bonchev–Trinajstić information content (AvgIpc) is 2.38. The zero-order valence-electron chi connectivity index (χ0n) is 11.2. The SMILES string of the molecule is Cl.NCC1CCCN(Cc2ccccc2C(F)(F)F)C1. The molecule has 2 rings (SSSR count). The first-order chi connectivity index (χ1) is 9.00. The molecule has 0 aliphatic carbocycles. The van der Waals surface area contributed by atoms with Crippen molar-refractivity contribution >= 4 is 12.4 Å². The predicted molar refractivity (Wildman–Crippen MR) is 75.7 cm³/mol. The van der Waals surface area contributed by atoms with Crippen LogP contribution in [0.1, 0.15) is 24.0 Å². The quantitative estimate of drug-likeness (QED) is 0.928. The molecule has 0 bridgehead atoms. The Bertz CT molecular complexity index is 423. The number of nitrogens with two attached hydrogens (primary N) is 1. The summed E-state index contributed by atoms with van der Waals surface area (Å²) in [6.07, 6.45) is -2.19. The second-order valence-corrected chi connectivity index (χ2v) is 5.13. The minimum absolute atomic E-state index is 0. The van der Waals surface area contributed by atoms with E-state index >= 15 is 0 Å². The summed E-state index contributed by atoms with van der Waals surface area (Å²) in [4.78, 5) is 2.08. The molecule has 114 valence electrons. The summed E-state index contributed by atoms with van der Waals surface area (Å²) >= 11 is 0. The minimum atomic E-state index is -4.28. The summed E-state index contributed by atoms with van der Waals surface area (Å²) in [5, 5.41) is 0. The van der Waals surface area contributed by atoms with Gasteiger partial charge in [-0.2, -0.15) is 13.2 Å². The highest BCUT2D eigenvalue weighted by Crippen LogP contribution is 2.32. The summed E-state index contributed by atoms with van der Waals surface area (Å²) in [6.45, 7) is 2.61. The number of halogens is 4. The van der Waals surface area contributed by atoms with Crippen molar-refractivity contribution in [1.29, 1.82) is 0 Å². The van der Waals surface area contributed by atoms with Crippen LogP contribution in [0.15, 0.2) is 24.3 Å². The largest absolute Gasteiger partial charge is 0.416 e. The number of benzene rings is 1. The monoisotopic (exact) mass is 308 g/mol. The molecule has 1 unspecified atom stereocenters. The van der Waals surface area contributed by atoms with Gasteiger partial charge in [0.05, 0.1) is 5.56 Å². The Balaban J connectivity index is 0.00000200. The Morgan fingerprint density at radius 2 is 1.95 bits per heavy atom. The zero-order valence-corrected chi connectivity index (χ0v) is 12.0. The highest BCUT2D eigenvalue weighted by atomic mass is 35.5. The second-order valence-electron chi connectivity index (χ2n) is 5.13. The smallest absolute Gasteiger partial charge is 0.330 e. The number of hydrogen-bond donors (Lipinski definition) is 1. The Hall–Kier alpha value is -0.780. The fraction of sp³-hybridized carbons (Fsp3) is 0.571. The van der Waals surface area contributed by atoms with E-state index in [0.717, 1.165) is 32.0 Å². The van der Waals surface area contributed by atoms with Gasteiger partial charge >= 0.3 is 6.18 Å². The molecule has 0 saturated carbocycles. The summed E-state index contributed by atoms with van der Waals surface area (Å²) in [5.41, 5.74) is 5.48. The van der Waals surface area contributed by atoms with Crippen molar-refractivity contribution in [3.8, 4) is 0 Å². The molecule has 0 aromatic heterocycles. The van der Waals surface area contributed by atoms with Crippen molar-refractivity contribution in [3.63, 3.8) is 0 Å². The third-order valence-electron chi connectivity index (χ3n) is 3.65. The van der Waals surface area contributed by atoms with Crippen LogP contribution in [0.25, 0.3) is 0 Å². The summed E-state index contributed by atoms with van der Waals surface area (Å²) in [6, 6.07) is 5.81. The van der Waals surface area contributed by atoms with Gasteiger partial charge in [-0.15, -0.1) is 12.4 Å². The van der Waals surface area contributed by atoms with Gasteiger partial charge in [0, 0.05) is 13.1 Å². The van der Waals surface area contributed by atoms with Crippen LogP contribution in [0.4, 0.5) is 13.2 Å². The normalized spacial score (nSPS) is 20.5. The second kappa shape index (κ2) is 7.29. The van der Waals surface area contributed by atoms with Crippen LogP contribution in [0.3, 0.4) is 0 Å². The summed E-state index contributed by atoms with van der Waals surface area (Å²) < 4.78 is 38.7. The molecule has 1 fully saturated rings. The number of alkyl halides is 3. The van der Waals surface area contributed by atoms with Crippen molar-refractivity contribution in [2.75, 3.05) is 19.6 Å². The van der Waals surface area contributed by atoms with E-state index in [2.05, 4.69) is 4.90 Å². The number of likely N-dealkylation sites (tertiary alicyclic amines) is 1. The molecular formula is C14H20ClF3N2. The number of hydrogen-bond acceptors (Lipinski definition) is 2. The highest BCUT2D eigenvalue weighted by Gasteiger charge is 2.33. The molecule has 1 aromatic rings. The van der Waals surface area contributed by atoms with Crippen molar-refractivity contribution < 1.29 is 13.2 Å². The first kappa shape index (κ1) is 17.3. The lowest BCUT2D eigenvalue weighted by Gasteiger charge is -2.32. The van der Waals surface area contributed by atoms with Gasteiger partial charge in [0.1, 0.15) is 0 Å². The van der Waals surface area contributed by atoms with Gasteiger partial charge in [-0.1, -0.05) is 18.2 Å². The van der Waals surface area contributed by atoms with E-state index < -0.39 is 11.7 Å². The van der Waals surface area contributed by atoms with Crippen molar-refractivity contribution in [2.45, 2.75) is 25.6 Å². The van der Waals surface area contributed by atoms with Crippen LogP contribution in [0.2, 0.25) is 0 Å². The molecule has 2 nitrogen and oxygen atoms in total. The van der Waals surface area contributed by atoms with Gasteiger partial charge in [0.25, 0.3) is 0 Å². The fourth-order valence-electron chi connectivity index (χ4n) is 2.66. The molecule has 0 amide bonds. The topological polar surface area (TPSA) is 29.3 Å². The molecular weight excluding hydrogens is 289 g/mol. The Morgan fingerprint density at radius 1 is 1.25 bits per heavy atom. The molecule has 20 heavy (non-hydrogen) atoms. The van der Waals surface area contributed by atoms with E-state index in [-0.39, 0.29) is 12.4 Å². The maximum Gasteiger partial charge on any atom is 0.416 e. The highest BCUT2D eigenvalue weighted by molar-refractivity contribution is 5.85. The van der Waals surface area contributed by atoms with Crippen LogP contribution < -0.4 is 5.73 Å². The predicted octanol–water partition coefficient (Wildman–Crippen LogP) is 3.30. The van der Waals surface area contributed by atoms with Gasteiger partial charge in [0.15, 0.2) is 0 Å². The van der Waals surface area contributed by atoms with Crippen LogP contribution in [0.5, 0.6) is 0 Å². The van der Waals surface area contributed by atoms with Gasteiger partial charge < -0.3 is 5.73 Å². The third-order valence-corrected chi connectivity index (χ3v) is 3.65. The van der Waals surface area contributed by atoms with Crippen LogP contribution in [-0.4, -0.2) is 24.5 Å². The van der Waals surface area contributed by atoms with E-state index in [0.29, 0.717) is 24.6 Å². The van der Waals surface area contributed by atoms with Crippen molar-refractivity contribution in [2.24, 2.45) is 11.7 Å². The number of rotatable bonds is 3. The van der Waals surface area contributed by atoms with E-state index in [4.69, 9.17) is 5.73 Å². The van der Waals surface area contributed by atoms with Gasteiger partial charge in [-0.05, 0) is 43.5 Å². The molecule has 1 aliphatic rings. The Kier molecular flexibility index (Phi) is 6.30. The molecule has 2 N–H and O–H groups in total. The molecule has 1 saturated heterocycles. The number of piperidine rings is 1. The first-order valence-corrected chi connectivity index (χ1v) is 6.58. The lowest BCUT2D eigenvalue weighted by atomic mass is 9.97. The molecule has 6 heteroatoms.